The van der Waals surface area contributed by atoms with E-state index in [2.05, 4.69) is 17.2 Å². The third-order valence-electron chi connectivity index (χ3n) is 2.43. The fourth-order valence-electron chi connectivity index (χ4n) is 1.55. The first-order valence-electron chi connectivity index (χ1n) is 5.83. The largest absolute Gasteiger partial charge is 0.446 e. The molecule has 4 heteroatoms. The van der Waals surface area contributed by atoms with Crippen LogP contribution in [0.1, 0.15) is 43.5 Å². The molecule has 1 rings (SSSR count). The topological polar surface area (TPSA) is 55.1 Å². The van der Waals surface area contributed by atoms with Gasteiger partial charge in [-0.25, -0.2) is 4.98 Å². The zero-order valence-electron chi connectivity index (χ0n) is 10.3. The van der Waals surface area contributed by atoms with Crippen LogP contribution in [0.2, 0.25) is 0 Å². The molecule has 1 aromatic heterocycles. The number of carbonyl (C=O) groups excluding carboxylic acids is 1. The zero-order chi connectivity index (χ0) is 12.0. The molecule has 1 N–H and O–H groups in total. The van der Waals surface area contributed by atoms with Crippen molar-refractivity contribution in [3.63, 3.8) is 0 Å². The minimum absolute atomic E-state index is 0.121. The molecule has 0 saturated heterocycles. The van der Waals surface area contributed by atoms with E-state index in [9.17, 15) is 4.79 Å². The fourth-order valence-corrected chi connectivity index (χ4v) is 1.55. The lowest BCUT2D eigenvalue weighted by Crippen LogP contribution is -2.25. The van der Waals surface area contributed by atoms with Crippen molar-refractivity contribution in [1.29, 1.82) is 0 Å². The van der Waals surface area contributed by atoms with Crippen LogP contribution in [0.25, 0.3) is 0 Å². The van der Waals surface area contributed by atoms with Gasteiger partial charge in [0.1, 0.15) is 5.76 Å². The normalized spacial score (nSPS) is 10.4. The number of carbonyl (C=O) groups is 1. The number of nitrogens with zero attached hydrogens (tertiary/aromatic N) is 1. The summed E-state index contributed by atoms with van der Waals surface area (Å²) < 4.78 is 5.41. The number of rotatable bonds is 6. The Morgan fingerprint density at radius 2 is 2.19 bits per heavy atom. The van der Waals surface area contributed by atoms with Crippen LogP contribution in [-0.4, -0.2) is 17.4 Å². The second kappa shape index (κ2) is 6.30. The lowest BCUT2D eigenvalue weighted by atomic mass is 10.2. The summed E-state index contributed by atoms with van der Waals surface area (Å²) in [6.45, 7) is 6.45. The number of hydrogen-bond acceptors (Lipinski definition) is 3. The monoisotopic (exact) mass is 224 g/mol. The average molecular weight is 224 g/mol. The molecule has 0 saturated carbocycles. The molecule has 0 aliphatic carbocycles. The number of unbranched alkanes of at least 4 members (excludes halogenated alkanes) is 1. The van der Waals surface area contributed by atoms with Crippen LogP contribution in [0.3, 0.4) is 0 Å². The van der Waals surface area contributed by atoms with E-state index in [0.717, 1.165) is 24.3 Å². The smallest absolute Gasteiger partial charge is 0.220 e. The first-order chi connectivity index (χ1) is 7.63. The van der Waals surface area contributed by atoms with Gasteiger partial charge in [-0.1, -0.05) is 13.3 Å². The molecule has 90 valence electrons. The second-order valence-corrected chi connectivity index (χ2v) is 3.94. The minimum atomic E-state index is 0.121. The highest BCUT2D eigenvalue weighted by molar-refractivity contribution is 5.75. The van der Waals surface area contributed by atoms with Gasteiger partial charge in [0.15, 0.2) is 5.89 Å². The predicted molar refractivity (Wildman–Crippen MR) is 62.2 cm³/mol. The predicted octanol–water partition coefficient (Wildman–Crippen LogP) is 2.14. The summed E-state index contributed by atoms with van der Waals surface area (Å²) in [4.78, 5) is 15.5. The highest BCUT2D eigenvalue weighted by Crippen LogP contribution is 2.09. The number of aromatic nitrogens is 1. The Kier molecular flexibility index (Phi) is 5.02. The zero-order valence-corrected chi connectivity index (χ0v) is 10.3. The second-order valence-electron chi connectivity index (χ2n) is 3.94. The maximum Gasteiger partial charge on any atom is 0.220 e. The van der Waals surface area contributed by atoms with Crippen LogP contribution in [0.4, 0.5) is 0 Å². The summed E-state index contributed by atoms with van der Waals surface area (Å²) in [5.41, 5.74) is 0.917. The van der Waals surface area contributed by atoms with Gasteiger partial charge in [0.2, 0.25) is 5.91 Å². The number of amides is 1. The van der Waals surface area contributed by atoms with Crippen molar-refractivity contribution in [1.82, 2.24) is 10.3 Å². The highest BCUT2D eigenvalue weighted by atomic mass is 16.4. The Hall–Kier alpha value is -1.32. The van der Waals surface area contributed by atoms with Crippen molar-refractivity contribution in [2.45, 2.75) is 46.5 Å². The Bertz CT molecular complexity index is 345. The molecule has 0 aliphatic rings. The van der Waals surface area contributed by atoms with Gasteiger partial charge in [-0.3, -0.25) is 4.79 Å². The summed E-state index contributed by atoms with van der Waals surface area (Å²) >= 11 is 0. The molecule has 0 bridgehead atoms. The van der Waals surface area contributed by atoms with Crippen LogP contribution in [0, 0.1) is 13.8 Å². The van der Waals surface area contributed by atoms with Gasteiger partial charge in [0.25, 0.3) is 0 Å². The molecule has 1 amide bonds. The molecule has 0 fully saturated rings. The van der Waals surface area contributed by atoms with Crippen LogP contribution in [-0.2, 0) is 11.2 Å². The summed E-state index contributed by atoms with van der Waals surface area (Å²) in [5.74, 6) is 1.67. The first kappa shape index (κ1) is 12.7. The molecular formula is C12H20N2O2. The lowest BCUT2D eigenvalue weighted by molar-refractivity contribution is -0.121. The molecule has 0 unspecified atom stereocenters. The Morgan fingerprint density at radius 3 is 2.75 bits per heavy atom. The summed E-state index contributed by atoms with van der Waals surface area (Å²) in [6, 6.07) is 0. The van der Waals surface area contributed by atoms with Crippen molar-refractivity contribution < 1.29 is 9.21 Å². The van der Waals surface area contributed by atoms with Crippen LogP contribution >= 0.6 is 0 Å². The van der Waals surface area contributed by atoms with Gasteiger partial charge >= 0.3 is 0 Å². The average Bonchev–Trinajstić information content (AvgIpc) is 2.55. The van der Waals surface area contributed by atoms with Gasteiger partial charge in [-0.05, 0) is 13.3 Å². The lowest BCUT2D eigenvalue weighted by Gasteiger charge is -2.03. The standard InChI is InChI=1S/C12H20N2O2/c1-4-5-6-12(15)13-8-7-11-9(2)14-10(3)16-11/h4-8H2,1-3H3,(H,13,15). The maximum absolute atomic E-state index is 11.3. The molecule has 1 aromatic rings. The summed E-state index contributed by atoms with van der Waals surface area (Å²) in [5, 5.41) is 2.88. The van der Waals surface area contributed by atoms with Gasteiger partial charge in [-0.2, -0.15) is 0 Å². The van der Waals surface area contributed by atoms with Crippen molar-refractivity contribution in [2.75, 3.05) is 6.54 Å². The third kappa shape index (κ3) is 4.04. The van der Waals surface area contributed by atoms with E-state index >= 15 is 0 Å². The van der Waals surface area contributed by atoms with E-state index in [4.69, 9.17) is 4.42 Å². The van der Waals surface area contributed by atoms with Crippen molar-refractivity contribution in [3.05, 3.63) is 17.3 Å². The Labute approximate surface area is 96.4 Å². The van der Waals surface area contributed by atoms with E-state index in [-0.39, 0.29) is 5.91 Å². The molecule has 0 spiro atoms. The maximum atomic E-state index is 11.3. The highest BCUT2D eigenvalue weighted by Gasteiger charge is 2.06. The van der Waals surface area contributed by atoms with Gasteiger partial charge in [0, 0.05) is 26.3 Å². The van der Waals surface area contributed by atoms with Gasteiger partial charge in [-0.15, -0.1) is 0 Å². The number of aryl methyl sites for hydroxylation is 2. The molecule has 0 aliphatic heterocycles. The van der Waals surface area contributed by atoms with Gasteiger partial charge in [0.05, 0.1) is 5.69 Å². The molecule has 0 radical (unpaired) electrons. The molecular weight excluding hydrogens is 204 g/mol. The van der Waals surface area contributed by atoms with Crippen LogP contribution in [0.5, 0.6) is 0 Å². The fraction of sp³-hybridized carbons (Fsp3) is 0.667. The first-order valence-corrected chi connectivity index (χ1v) is 5.83. The molecule has 16 heavy (non-hydrogen) atoms. The molecule has 4 nitrogen and oxygen atoms in total. The quantitative estimate of drug-likeness (QED) is 0.805. The molecule has 0 aromatic carbocycles. The SMILES string of the molecule is CCCCC(=O)NCCc1oc(C)nc1C. The van der Waals surface area contributed by atoms with Crippen molar-refractivity contribution in [2.24, 2.45) is 0 Å². The summed E-state index contributed by atoms with van der Waals surface area (Å²) in [6.07, 6.45) is 3.33. The molecule has 1 heterocycles. The number of oxazole rings is 1. The Morgan fingerprint density at radius 1 is 1.44 bits per heavy atom. The number of hydrogen-bond donors (Lipinski definition) is 1. The number of nitrogens with one attached hydrogen (secondary N) is 1. The Balaban J connectivity index is 2.25. The minimum Gasteiger partial charge on any atom is -0.446 e. The van der Waals surface area contributed by atoms with E-state index < -0.39 is 0 Å². The van der Waals surface area contributed by atoms with Crippen LogP contribution in [0.15, 0.2) is 4.42 Å². The van der Waals surface area contributed by atoms with Crippen molar-refractivity contribution >= 4 is 5.91 Å². The third-order valence-corrected chi connectivity index (χ3v) is 2.43. The van der Waals surface area contributed by atoms with E-state index in [1.165, 1.54) is 0 Å². The van der Waals surface area contributed by atoms with E-state index in [0.29, 0.717) is 25.3 Å². The van der Waals surface area contributed by atoms with E-state index in [1.54, 1.807) is 0 Å². The molecule has 0 atom stereocenters. The van der Waals surface area contributed by atoms with E-state index in [1.807, 2.05) is 13.8 Å². The van der Waals surface area contributed by atoms with Crippen LogP contribution < -0.4 is 5.32 Å². The summed E-state index contributed by atoms with van der Waals surface area (Å²) in [7, 11) is 0. The van der Waals surface area contributed by atoms with Crippen molar-refractivity contribution in [3.8, 4) is 0 Å². The van der Waals surface area contributed by atoms with Gasteiger partial charge < -0.3 is 9.73 Å².